The fourth-order valence-corrected chi connectivity index (χ4v) is 4.69. The molecular weight excluding hydrogens is 452 g/mol. The molecule has 0 aliphatic carbocycles. The molecule has 0 aliphatic rings. The zero-order valence-corrected chi connectivity index (χ0v) is 19.0. The molecule has 0 saturated heterocycles. The number of nitrogens with one attached hydrogen (secondary N) is 3. The van der Waals surface area contributed by atoms with Gasteiger partial charge in [-0.1, -0.05) is 30.3 Å². The lowest BCUT2D eigenvalue weighted by Gasteiger charge is -2.09. The normalized spacial score (nSPS) is 11.1. The van der Waals surface area contributed by atoms with Gasteiger partial charge in [0.15, 0.2) is 0 Å². The summed E-state index contributed by atoms with van der Waals surface area (Å²) in [4.78, 5) is 29.3. The van der Waals surface area contributed by atoms with Crippen LogP contribution in [0.1, 0.15) is 21.8 Å². The Morgan fingerprint density at radius 3 is 2.38 bits per heavy atom. The molecule has 0 aliphatic heterocycles. The molecule has 0 spiro atoms. The minimum absolute atomic E-state index is 0.0573. The number of ether oxygens (including phenoxy) is 1. The van der Waals surface area contributed by atoms with Crippen LogP contribution in [0.2, 0.25) is 0 Å². The number of benzene rings is 2. The summed E-state index contributed by atoms with van der Waals surface area (Å²) < 4.78 is 31.9. The first kappa shape index (κ1) is 23.4. The first-order chi connectivity index (χ1) is 15.3. The van der Waals surface area contributed by atoms with Crippen molar-refractivity contribution >= 4 is 33.2 Å². The molecule has 3 N–H and O–H groups in total. The number of aryl methyl sites for hydroxylation is 1. The average molecular weight is 475 g/mol. The number of hydrogen-bond donors (Lipinski definition) is 3. The monoisotopic (exact) mass is 474 g/mol. The van der Waals surface area contributed by atoms with Gasteiger partial charge in [-0.25, -0.2) is 18.1 Å². The smallest absolute Gasteiger partial charge is 0.281 e. The molecule has 1 aromatic heterocycles. The van der Waals surface area contributed by atoms with E-state index in [-0.39, 0.29) is 17.9 Å². The van der Waals surface area contributed by atoms with Crippen LogP contribution in [0.5, 0.6) is 5.75 Å². The summed E-state index contributed by atoms with van der Waals surface area (Å²) in [5.41, 5.74) is 6.07. The Labute approximate surface area is 189 Å². The SMILES string of the molecule is COc1ccc(S(=O)(=O)NCCC(=O)NNC(=O)c2sc(-c3ccccc3)nc2C)cc1. The van der Waals surface area contributed by atoms with Crippen LogP contribution >= 0.6 is 11.3 Å². The minimum Gasteiger partial charge on any atom is -0.497 e. The molecule has 0 bridgehead atoms. The van der Waals surface area contributed by atoms with Crippen LogP contribution in [-0.2, 0) is 14.8 Å². The van der Waals surface area contributed by atoms with Crippen LogP contribution in [0.3, 0.4) is 0 Å². The molecule has 0 fully saturated rings. The Morgan fingerprint density at radius 2 is 1.72 bits per heavy atom. The molecule has 0 atom stereocenters. The van der Waals surface area contributed by atoms with Gasteiger partial charge < -0.3 is 4.74 Å². The van der Waals surface area contributed by atoms with Crippen molar-refractivity contribution in [1.82, 2.24) is 20.6 Å². The van der Waals surface area contributed by atoms with Crippen LogP contribution < -0.4 is 20.3 Å². The maximum Gasteiger partial charge on any atom is 0.281 e. The predicted octanol–water partition coefficient (Wildman–Crippen LogP) is 2.26. The van der Waals surface area contributed by atoms with Gasteiger partial charge in [-0.2, -0.15) is 0 Å². The number of amides is 2. The lowest BCUT2D eigenvalue weighted by Crippen LogP contribution is -2.42. The number of hydrogen-bond acceptors (Lipinski definition) is 7. The van der Waals surface area contributed by atoms with Crippen molar-refractivity contribution in [2.45, 2.75) is 18.2 Å². The number of thiazole rings is 1. The van der Waals surface area contributed by atoms with E-state index in [2.05, 4.69) is 20.6 Å². The molecule has 32 heavy (non-hydrogen) atoms. The van der Waals surface area contributed by atoms with Crippen LogP contribution in [0.25, 0.3) is 10.6 Å². The van der Waals surface area contributed by atoms with Crippen LogP contribution in [-0.4, -0.2) is 38.9 Å². The summed E-state index contributed by atoms with van der Waals surface area (Å²) in [6.45, 7) is 1.58. The third-order valence-electron chi connectivity index (χ3n) is 4.35. The maximum atomic E-state index is 12.4. The molecule has 3 rings (SSSR count). The molecule has 9 nitrogen and oxygen atoms in total. The number of aromatic nitrogens is 1. The molecule has 2 aromatic carbocycles. The minimum atomic E-state index is -3.76. The van der Waals surface area contributed by atoms with Crippen molar-refractivity contribution in [1.29, 1.82) is 0 Å². The van der Waals surface area contributed by atoms with Gasteiger partial charge in [-0.05, 0) is 31.2 Å². The van der Waals surface area contributed by atoms with E-state index < -0.39 is 21.8 Å². The average Bonchev–Trinajstić information content (AvgIpc) is 3.19. The summed E-state index contributed by atoms with van der Waals surface area (Å²) >= 11 is 1.22. The van der Waals surface area contributed by atoms with Crippen molar-refractivity contribution in [2.75, 3.05) is 13.7 Å². The third-order valence-corrected chi connectivity index (χ3v) is 7.04. The number of carbonyl (C=O) groups is 2. The van der Waals surface area contributed by atoms with Gasteiger partial charge in [0.2, 0.25) is 15.9 Å². The highest BCUT2D eigenvalue weighted by atomic mass is 32.2. The molecule has 0 saturated carbocycles. The summed E-state index contributed by atoms with van der Waals surface area (Å²) in [6, 6.07) is 15.3. The van der Waals surface area contributed by atoms with Gasteiger partial charge in [0.05, 0.1) is 17.7 Å². The fraction of sp³-hybridized carbons (Fsp3) is 0.190. The number of nitrogens with zero attached hydrogens (tertiary/aromatic N) is 1. The van der Waals surface area contributed by atoms with Crippen molar-refractivity contribution in [3.05, 3.63) is 65.2 Å². The largest absolute Gasteiger partial charge is 0.497 e. The second-order valence-corrected chi connectivity index (χ2v) is 9.39. The molecular formula is C21H22N4O5S2. The van der Waals surface area contributed by atoms with Crippen LogP contribution in [0.4, 0.5) is 0 Å². The van der Waals surface area contributed by atoms with Gasteiger partial charge in [0, 0.05) is 18.5 Å². The number of hydrazine groups is 1. The highest BCUT2D eigenvalue weighted by Gasteiger charge is 2.17. The van der Waals surface area contributed by atoms with E-state index in [0.717, 1.165) is 5.56 Å². The Morgan fingerprint density at radius 1 is 1.03 bits per heavy atom. The number of sulfonamides is 1. The Hall–Kier alpha value is -3.28. The van der Waals surface area contributed by atoms with Crippen molar-refractivity contribution in [3.63, 3.8) is 0 Å². The molecule has 0 unspecified atom stereocenters. The highest BCUT2D eigenvalue weighted by Crippen LogP contribution is 2.27. The summed E-state index contributed by atoms with van der Waals surface area (Å²) in [5.74, 6) is -0.498. The van der Waals surface area contributed by atoms with E-state index in [0.29, 0.717) is 21.3 Å². The van der Waals surface area contributed by atoms with Gasteiger partial charge in [0.25, 0.3) is 5.91 Å². The number of rotatable bonds is 8. The summed E-state index contributed by atoms with van der Waals surface area (Å²) in [5, 5.41) is 0.701. The van der Waals surface area contributed by atoms with Gasteiger partial charge in [-0.15, -0.1) is 11.3 Å². The first-order valence-corrected chi connectivity index (χ1v) is 11.9. The summed E-state index contributed by atoms with van der Waals surface area (Å²) in [6.07, 6.45) is -0.160. The van der Waals surface area contributed by atoms with Crippen molar-refractivity contribution in [3.8, 4) is 16.3 Å². The van der Waals surface area contributed by atoms with E-state index >= 15 is 0 Å². The Balaban J connectivity index is 1.48. The van der Waals surface area contributed by atoms with E-state index in [4.69, 9.17) is 4.74 Å². The number of methoxy groups -OCH3 is 1. The predicted molar refractivity (Wildman–Crippen MR) is 121 cm³/mol. The quantitative estimate of drug-likeness (QED) is 0.430. The maximum absolute atomic E-state index is 12.4. The first-order valence-electron chi connectivity index (χ1n) is 9.56. The van der Waals surface area contributed by atoms with Gasteiger partial charge >= 0.3 is 0 Å². The second kappa shape index (κ2) is 10.4. The zero-order valence-electron chi connectivity index (χ0n) is 17.4. The Kier molecular flexibility index (Phi) is 7.57. The number of carbonyl (C=O) groups excluding carboxylic acids is 2. The lowest BCUT2D eigenvalue weighted by molar-refractivity contribution is -0.121. The van der Waals surface area contributed by atoms with Crippen LogP contribution in [0.15, 0.2) is 59.5 Å². The van der Waals surface area contributed by atoms with Gasteiger partial charge in [-0.3, -0.25) is 20.4 Å². The van der Waals surface area contributed by atoms with Crippen molar-refractivity contribution < 1.29 is 22.7 Å². The summed E-state index contributed by atoms with van der Waals surface area (Å²) in [7, 11) is -2.28. The van der Waals surface area contributed by atoms with E-state index in [1.54, 1.807) is 6.92 Å². The third kappa shape index (κ3) is 5.90. The topological polar surface area (TPSA) is 126 Å². The molecule has 3 aromatic rings. The van der Waals surface area contributed by atoms with Gasteiger partial charge in [0.1, 0.15) is 15.6 Å². The molecule has 168 valence electrons. The van der Waals surface area contributed by atoms with E-state index in [1.165, 1.54) is 42.7 Å². The molecule has 2 amide bonds. The van der Waals surface area contributed by atoms with Crippen LogP contribution in [0, 0.1) is 6.92 Å². The van der Waals surface area contributed by atoms with Crippen molar-refractivity contribution in [2.24, 2.45) is 0 Å². The fourth-order valence-electron chi connectivity index (χ4n) is 2.69. The molecule has 11 heteroatoms. The Bertz CT molecular complexity index is 1190. The lowest BCUT2D eigenvalue weighted by atomic mass is 10.2. The van der Waals surface area contributed by atoms with E-state index in [9.17, 15) is 18.0 Å². The standard InChI is InChI=1S/C21H22N4O5S2/c1-14-19(31-21(23-14)15-6-4-3-5-7-15)20(27)25-24-18(26)12-13-22-32(28,29)17-10-8-16(30-2)9-11-17/h3-11,22H,12-13H2,1-2H3,(H,24,26)(H,25,27). The van der Waals surface area contributed by atoms with E-state index in [1.807, 2.05) is 30.3 Å². The zero-order chi connectivity index (χ0) is 23.1. The molecule has 1 heterocycles. The molecule has 0 radical (unpaired) electrons. The second-order valence-electron chi connectivity index (χ2n) is 6.63. The highest BCUT2D eigenvalue weighted by molar-refractivity contribution is 7.89.